The van der Waals surface area contributed by atoms with E-state index in [1.807, 2.05) is 49.8 Å². The van der Waals surface area contributed by atoms with Crippen LogP contribution in [0.1, 0.15) is 42.3 Å². The Morgan fingerprint density at radius 2 is 1.96 bits per heavy atom. The Hall–Kier alpha value is -2.67. The summed E-state index contributed by atoms with van der Waals surface area (Å²) in [7, 11) is 3.97. The number of hydrogen-bond acceptors (Lipinski definition) is 5. The van der Waals surface area contributed by atoms with Crippen LogP contribution < -0.4 is 15.8 Å². The summed E-state index contributed by atoms with van der Waals surface area (Å²) < 4.78 is 1.95. The second kappa shape index (κ2) is 7.52. The lowest BCUT2D eigenvalue weighted by atomic mass is 10.1. The van der Waals surface area contributed by atoms with Gasteiger partial charge in [-0.1, -0.05) is 0 Å². The molecule has 3 rings (SSSR count). The van der Waals surface area contributed by atoms with Crippen molar-refractivity contribution in [1.29, 1.82) is 0 Å². The number of nitrogens with one attached hydrogen (secondary N) is 2. The van der Waals surface area contributed by atoms with Gasteiger partial charge in [-0.25, -0.2) is 9.67 Å². The number of pyridine rings is 2. The molecule has 3 aromatic rings. The molecule has 0 aliphatic rings. The first-order valence-electron chi connectivity index (χ1n) is 9.22. The second-order valence-electron chi connectivity index (χ2n) is 7.50. The van der Waals surface area contributed by atoms with Crippen LogP contribution in [0.15, 0.2) is 23.1 Å². The van der Waals surface area contributed by atoms with Crippen molar-refractivity contribution in [3.05, 3.63) is 51.1 Å². The molecule has 0 unspecified atom stereocenters. The van der Waals surface area contributed by atoms with Crippen LogP contribution in [0.3, 0.4) is 0 Å². The number of anilines is 1. The second-order valence-corrected chi connectivity index (χ2v) is 7.50. The van der Waals surface area contributed by atoms with Crippen molar-refractivity contribution in [2.45, 2.75) is 46.8 Å². The molecule has 0 saturated heterocycles. The Kier molecular flexibility index (Phi) is 5.32. The molecule has 3 heterocycles. The molecule has 0 saturated carbocycles. The van der Waals surface area contributed by atoms with E-state index in [1.165, 1.54) is 0 Å². The van der Waals surface area contributed by atoms with Crippen LogP contribution in [0.5, 0.6) is 0 Å². The van der Waals surface area contributed by atoms with Gasteiger partial charge in [-0.2, -0.15) is 5.10 Å². The molecule has 0 spiro atoms. The Morgan fingerprint density at radius 1 is 1.22 bits per heavy atom. The van der Waals surface area contributed by atoms with Crippen molar-refractivity contribution in [3.63, 3.8) is 0 Å². The summed E-state index contributed by atoms with van der Waals surface area (Å²) >= 11 is 0. The minimum Gasteiger partial charge on any atom is -0.363 e. The third-order valence-electron chi connectivity index (χ3n) is 4.70. The molecule has 7 heteroatoms. The average molecular weight is 368 g/mol. The normalized spacial score (nSPS) is 11.5. The fourth-order valence-corrected chi connectivity index (χ4v) is 3.24. The van der Waals surface area contributed by atoms with Crippen molar-refractivity contribution in [2.24, 2.45) is 0 Å². The Morgan fingerprint density at radius 3 is 2.59 bits per heavy atom. The van der Waals surface area contributed by atoms with Crippen molar-refractivity contribution in [1.82, 2.24) is 25.1 Å². The van der Waals surface area contributed by atoms with Crippen molar-refractivity contribution in [2.75, 3.05) is 19.0 Å². The monoisotopic (exact) mass is 368 g/mol. The molecule has 0 aliphatic carbocycles. The zero-order chi connectivity index (χ0) is 19.7. The van der Waals surface area contributed by atoms with Crippen molar-refractivity contribution >= 4 is 16.9 Å². The fourth-order valence-electron chi connectivity index (χ4n) is 3.24. The van der Waals surface area contributed by atoms with Crippen LogP contribution in [-0.4, -0.2) is 33.8 Å². The first-order chi connectivity index (χ1) is 12.8. The molecule has 27 heavy (non-hydrogen) atoms. The molecule has 0 radical (unpaired) electrons. The summed E-state index contributed by atoms with van der Waals surface area (Å²) in [6.07, 6.45) is 1.88. The molecule has 7 nitrogen and oxygen atoms in total. The molecule has 0 amide bonds. The summed E-state index contributed by atoms with van der Waals surface area (Å²) in [5, 5.41) is 8.96. The lowest BCUT2D eigenvalue weighted by Gasteiger charge is -2.15. The number of hydrogen-bond donors (Lipinski definition) is 2. The Labute approximate surface area is 159 Å². The van der Waals surface area contributed by atoms with E-state index in [-0.39, 0.29) is 11.6 Å². The van der Waals surface area contributed by atoms with E-state index < -0.39 is 0 Å². The molecule has 0 bridgehead atoms. The molecule has 3 aromatic heterocycles. The molecular formula is C20H28N6O. The molecule has 144 valence electrons. The van der Waals surface area contributed by atoms with Crippen LogP contribution in [0.25, 0.3) is 11.0 Å². The summed E-state index contributed by atoms with van der Waals surface area (Å²) in [6.45, 7) is 9.22. The van der Waals surface area contributed by atoms with Gasteiger partial charge in [0.05, 0.1) is 6.20 Å². The maximum absolute atomic E-state index is 12.2. The number of aromatic amines is 1. The first kappa shape index (κ1) is 19.1. The highest BCUT2D eigenvalue weighted by molar-refractivity contribution is 5.81. The smallest absolute Gasteiger partial charge is 0.252 e. The maximum Gasteiger partial charge on any atom is 0.252 e. The predicted molar refractivity (Wildman–Crippen MR) is 109 cm³/mol. The zero-order valence-electron chi connectivity index (χ0n) is 16.9. The molecular weight excluding hydrogens is 340 g/mol. The molecule has 0 fully saturated rings. The summed E-state index contributed by atoms with van der Waals surface area (Å²) in [4.78, 5) is 21.8. The zero-order valence-corrected chi connectivity index (χ0v) is 16.9. The summed E-state index contributed by atoms with van der Waals surface area (Å²) in [5.41, 5.74) is 4.64. The quantitative estimate of drug-likeness (QED) is 0.699. The fraction of sp³-hybridized carbons (Fsp3) is 0.450. The maximum atomic E-state index is 12.2. The van der Waals surface area contributed by atoms with Gasteiger partial charge in [0, 0.05) is 49.9 Å². The van der Waals surface area contributed by atoms with E-state index in [4.69, 9.17) is 4.98 Å². The van der Waals surface area contributed by atoms with E-state index in [0.717, 1.165) is 39.2 Å². The van der Waals surface area contributed by atoms with Gasteiger partial charge in [-0.15, -0.1) is 0 Å². The number of nitrogens with zero attached hydrogens (tertiary/aromatic N) is 4. The van der Waals surface area contributed by atoms with Gasteiger partial charge in [0.2, 0.25) is 0 Å². The van der Waals surface area contributed by atoms with Gasteiger partial charge >= 0.3 is 0 Å². The van der Waals surface area contributed by atoms with Gasteiger partial charge in [-0.3, -0.25) is 4.79 Å². The number of fused-ring (bicyclic) bond motifs is 1. The SMILES string of the molecule is Cc1cc(C)c(CNCc2cc(N(C)C)nc3c2cnn3C(C)C)c(=O)[nH]1. The molecule has 0 aliphatic heterocycles. The predicted octanol–water partition coefficient (Wildman–Crippen LogP) is 2.67. The Balaban J connectivity index is 1.89. The highest BCUT2D eigenvalue weighted by atomic mass is 16.1. The standard InChI is InChI=1S/C20H28N6O/c1-12(2)26-19-17(11-22-26)15(8-18(24-19)25(5)6)9-21-10-16-13(3)7-14(4)23-20(16)27/h7-8,11-12,21H,9-10H2,1-6H3,(H,23,27). The average Bonchev–Trinajstić information content (AvgIpc) is 3.01. The molecule has 0 aromatic carbocycles. The highest BCUT2D eigenvalue weighted by Gasteiger charge is 2.14. The summed E-state index contributed by atoms with van der Waals surface area (Å²) in [6, 6.07) is 4.32. The molecule has 2 N–H and O–H groups in total. The third kappa shape index (κ3) is 3.88. The summed E-state index contributed by atoms with van der Waals surface area (Å²) in [5.74, 6) is 0.895. The van der Waals surface area contributed by atoms with Gasteiger partial charge in [0.15, 0.2) is 5.65 Å². The number of aromatic nitrogens is 4. The van der Waals surface area contributed by atoms with Gasteiger partial charge in [-0.05, 0) is 51.0 Å². The number of aryl methyl sites for hydroxylation is 2. The lowest BCUT2D eigenvalue weighted by Crippen LogP contribution is -2.23. The van der Waals surface area contributed by atoms with E-state index in [9.17, 15) is 4.79 Å². The molecule has 0 atom stereocenters. The van der Waals surface area contributed by atoms with Gasteiger partial charge < -0.3 is 15.2 Å². The van der Waals surface area contributed by atoms with Gasteiger partial charge in [0.25, 0.3) is 5.56 Å². The largest absolute Gasteiger partial charge is 0.363 e. The van der Waals surface area contributed by atoms with Gasteiger partial charge in [0.1, 0.15) is 5.82 Å². The first-order valence-corrected chi connectivity index (χ1v) is 9.22. The van der Waals surface area contributed by atoms with Crippen LogP contribution in [0.2, 0.25) is 0 Å². The number of rotatable bonds is 6. The lowest BCUT2D eigenvalue weighted by molar-refractivity contribution is 0.546. The van der Waals surface area contributed by atoms with E-state index in [2.05, 4.69) is 35.3 Å². The topological polar surface area (TPSA) is 78.8 Å². The van der Waals surface area contributed by atoms with Crippen LogP contribution >= 0.6 is 0 Å². The minimum absolute atomic E-state index is 0.0264. The van der Waals surface area contributed by atoms with E-state index >= 15 is 0 Å². The minimum atomic E-state index is -0.0264. The van der Waals surface area contributed by atoms with Crippen LogP contribution in [0, 0.1) is 13.8 Å². The van der Waals surface area contributed by atoms with Crippen molar-refractivity contribution < 1.29 is 0 Å². The Bertz CT molecular complexity index is 1020. The third-order valence-corrected chi connectivity index (χ3v) is 4.70. The van der Waals surface area contributed by atoms with E-state index in [0.29, 0.717) is 13.1 Å². The van der Waals surface area contributed by atoms with Crippen LogP contribution in [0.4, 0.5) is 5.82 Å². The highest BCUT2D eigenvalue weighted by Crippen LogP contribution is 2.24. The van der Waals surface area contributed by atoms with Crippen molar-refractivity contribution in [3.8, 4) is 0 Å². The van der Waals surface area contributed by atoms with E-state index in [1.54, 1.807) is 0 Å². The number of H-pyrrole nitrogens is 1. The van der Waals surface area contributed by atoms with Crippen LogP contribution in [-0.2, 0) is 13.1 Å².